The predicted molar refractivity (Wildman–Crippen MR) is 94.1 cm³/mol. The molecule has 2 N–H and O–H groups in total. The molecule has 0 bridgehead atoms. The smallest absolute Gasteiger partial charge is 0.267 e. The summed E-state index contributed by atoms with van der Waals surface area (Å²) in [6, 6.07) is 12.9. The van der Waals surface area contributed by atoms with E-state index in [1.807, 2.05) is 12.1 Å². The zero-order valence-corrected chi connectivity index (χ0v) is 14.7. The third-order valence-electron chi connectivity index (χ3n) is 3.47. The molecule has 4 rings (SSSR count). The van der Waals surface area contributed by atoms with Gasteiger partial charge in [-0.2, -0.15) is 0 Å². The average Bonchev–Trinajstić information content (AvgIpc) is 3.16. The maximum Gasteiger partial charge on any atom is 0.267 e. The van der Waals surface area contributed by atoms with Crippen molar-refractivity contribution < 1.29 is 17.5 Å². The van der Waals surface area contributed by atoms with E-state index in [-0.39, 0.29) is 10.2 Å². The molecule has 26 heavy (non-hydrogen) atoms. The van der Waals surface area contributed by atoms with Crippen molar-refractivity contribution in [1.29, 1.82) is 0 Å². The third-order valence-corrected chi connectivity index (χ3v) is 5.70. The lowest BCUT2D eigenvalue weighted by molar-refractivity contribution is 0.480. The summed E-state index contributed by atoms with van der Waals surface area (Å²) in [7, 11) is -3.84. The largest absolute Gasteiger partial charge is 0.457 e. The lowest BCUT2D eigenvalue weighted by Crippen LogP contribution is -2.12. The van der Waals surface area contributed by atoms with Crippen LogP contribution in [0.1, 0.15) is 0 Å². The Morgan fingerprint density at radius 3 is 2.23 bits per heavy atom. The first-order valence-electron chi connectivity index (χ1n) is 7.31. The highest BCUT2D eigenvalue weighted by Gasteiger charge is 2.17. The number of aromatic nitrogens is 3. The van der Waals surface area contributed by atoms with Gasteiger partial charge in [0, 0.05) is 5.56 Å². The zero-order valence-electron chi connectivity index (χ0n) is 13.0. The Hall–Kier alpha value is -2.82. The number of imidazole rings is 1. The standard InChI is InChI=1S/C16H11FN4O3S2/c17-11-3-7-13(8-4-11)24-12-5-1-10(2-6-12)14-9-21-15(19-14)25-16(20-21)26(18,22)23/h1-9H,(H2,18,22,23). The van der Waals surface area contributed by atoms with Gasteiger partial charge in [0.05, 0.1) is 11.9 Å². The molecule has 0 aliphatic heterocycles. The molecule has 10 heteroatoms. The van der Waals surface area contributed by atoms with E-state index < -0.39 is 10.0 Å². The Bertz CT molecular complexity index is 1150. The van der Waals surface area contributed by atoms with Crippen LogP contribution in [0.4, 0.5) is 4.39 Å². The maximum absolute atomic E-state index is 12.9. The molecule has 0 radical (unpaired) electrons. The van der Waals surface area contributed by atoms with Crippen LogP contribution in [0.15, 0.2) is 59.1 Å². The van der Waals surface area contributed by atoms with E-state index in [1.54, 1.807) is 30.5 Å². The summed E-state index contributed by atoms with van der Waals surface area (Å²) in [4.78, 5) is 4.78. The number of ether oxygens (including phenoxy) is 1. The van der Waals surface area contributed by atoms with E-state index >= 15 is 0 Å². The summed E-state index contributed by atoms with van der Waals surface area (Å²) in [5, 5.41) is 8.98. The molecule has 2 heterocycles. The number of hydrogen-bond acceptors (Lipinski definition) is 6. The van der Waals surface area contributed by atoms with Crippen molar-refractivity contribution in [1.82, 2.24) is 14.6 Å². The first-order valence-corrected chi connectivity index (χ1v) is 9.68. The number of primary sulfonamides is 1. The molecule has 0 unspecified atom stereocenters. The van der Waals surface area contributed by atoms with Crippen LogP contribution in [0.3, 0.4) is 0 Å². The summed E-state index contributed by atoms with van der Waals surface area (Å²) in [6.45, 7) is 0. The van der Waals surface area contributed by atoms with Gasteiger partial charge >= 0.3 is 0 Å². The summed E-state index contributed by atoms with van der Waals surface area (Å²) in [5.41, 5.74) is 1.45. The van der Waals surface area contributed by atoms with Crippen molar-refractivity contribution in [2.45, 2.75) is 4.34 Å². The molecule has 0 atom stereocenters. The molecule has 0 saturated heterocycles. The van der Waals surface area contributed by atoms with Gasteiger partial charge in [0.2, 0.25) is 9.30 Å². The van der Waals surface area contributed by atoms with Crippen LogP contribution in [0.25, 0.3) is 16.2 Å². The van der Waals surface area contributed by atoms with Gasteiger partial charge in [-0.15, -0.1) is 5.10 Å². The van der Waals surface area contributed by atoms with Crippen molar-refractivity contribution in [3.05, 3.63) is 60.5 Å². The molecule has 0 aliphatic carbocycles. The van der Waals surface area contributed by atoms with Gasteiger partial charge in [0.15, 0.2) is 0 Å². The molecule has 0 spiro atoms. The van der Waals surface area contributed by atoms with Crippen LogP contribution in [-0.2, 0) is 10.0 Å². The number of rotatable bonds is 4. The monoisotopic (exact) mass is 390 g/mol. The fraction of sp³-hybridized carbons (Fsp3) is 0. The van der Waals surface area contributed by atoms with Gasteiger partial charge in [-0.25, -0.2) is 27.4 Å². The highest BCUT2D eigenvalue weighted by Crippen LogP contribution is 2.27. The average molecular weight is 390 g/mol. The van der Waals surface area contributed by atoms with E-state index in [9.17, 15) is 12.8 Å². The van der Waals surface area contributed by atoms with Gasteiger partial charge in [-0.1, -0.05) is 11.3 Å². The number of nitrogens with two attached hydrogens (primary N) is 1. The Kier molecular flexibility index (Phi) is 3.94. The van der Waals surface area contributed by atoms with Crippen molar-refractivity contribution >= 4 is 26.3 Å². The molecule has 2 aromatic heterocycles. The molecule has 7 nitrogen and oxygen atoms in total. The number of benzene rings is 2. The Morgan fingerprint density at radius 1 is 1.04 bits per heavy atom. The van der Waals surface area contributed by atoms with E-state index in [0.29, 0.717) is 22.2 Å². The molecule has 0 aliphatic rings. The van der Waals surface area contributed by atoms with E-state index in [2.05, 4.69) is 10.1 Å². The normalized spacial score (nSPS) is 11.8. The van der Waals surface area contributed by atoms with Crippen LogP contribution < -0.4 is 9.88 Å². The Labute approximate surface area is 151 Å². The fourth-order valence-corrected chi connectivity index (χ4v) is 3.77. The first kappa shape index (κ1) is 16.6. The van der Waals surface area contributed by atoms with Crippen LogP contribution in [-0.4, -0.2) is 23.0 Å². The quantitative estimate of drug-likeness (QED) is 0.577. The molecular weight excluding hydrogens is 379 g/mol. The third kappa shape index (κ3) is 3.29. The second-order valence-electron chi connectivity index (χ2n) is 5.35. The van der Waals surface area contributed by atoms with Gasteiger partial charge in [-0.3, -0.25) is 0 Å². The van der Waals surface area contributed by atoms with Gasteiger partial charge in [0.25, 0.3) is 10.0 Å². The summed E-state index contributed by atoms with van der Waals surface area (Å²) in [6.07, 6.45) is 1.62. The van der Waals surface area contributed by atoms with Crippen molar-refractivity contribution in [2.75, 3.05) is 0 Å². The second kappa shape index (κ2) is 6.16. The molecular formula is C16H11FN4O3S2. The topological polar surface area (TPSA) is 99.6 Å². The predicted octanol–water partition coefficient (Wildman–Crippen LogP) is 3.04. The fourth-order valence-electron chi connectivity index (χ4n) is 2.27. The minimum Gasteiger partial charge on any atom is -0.457 e. The highest BCUT2D eigenvalue weighted by molar-refractivity contribution is 7.91. The van der Waals surface area contributed by atoms with Crippen LogP contribution in [0.2, 0.25) is 0 Å². The lowest BCUT2D eigenvalue weighted by atomic mass is 10.2. The molecule has 4 aromatic rings. The maximum atomic E-state index is 12.9. The number of sulfonamides is 1. The zero-order chi connectivity index (χ0) is 18.3. The van der Waals surface area contributed by atoms with Crippen molar-refractivity contribution in [3.63, 3.8) is 0 Å². The molecule has 2 aromatic carbocycles. The Balaban J connectivity index is 1.57. The number of nitrogens with zero attached hydrogens (tertiary/aromatic N) is 3. The van der Waals surface area contributed by atoms with E-state index in [4.69, 9.17) is 9.88 Å². The summed E-state index contributed by atoms with van der Waals surface area (Å²) in [5.74, 6) is 0.795. The number of halogens is 1. The lowest BCUT2D eigenvalue weighted by Gasteiger charge is -2.06. The molecule has 132 valence electrons. The van der Waals surface area contributed by atoms with Gasteiger partial charge in [-0.05, 0) is 48.5 Å². The minimum absolute atomic E-state index is 0.186. The Morgan fingerprint density at radius 2 is 1.65 bits per heavy atom. The molecule has 0 saturated carbocycles. The minimum atomic E-state index is -3.84. The van der Waals surface area contributed by atoms with Crippen LogP contribution in [0.5, 0.6) is 11.5 Å². The molecule has 0 fully saturated rings. The highest BCUT2D eigenvalue weighted by atomic mass is 32.2. The van der Waals surface area contributed by atoms with Crippen molar-refractivity contribution in [2.24, 2.45) is 5.14 Å². The number of hydrogen-bond donors (Lipinski definition) is 1. The SMILES string of the molecule is NS(=O)(=O)c1nn2cc(-c3ccc(Oc4ccc(F)cc4)cc3)nc2s1. The van der Waals surface area contributed by atoms with Crippen LogP contribution in [0, 0.1) is 5.82 Å². The van der Waals surface area contributed by atoms with Gasteiger partial charge in [0.1, 0.15) is 17.3 Å². The van der Waals surface area contributed by atoms with E-state index in [0.717, 1.165) is 16.9 Å². The second-order valence-corrected chi connectivity index (χ2v) is 8.04. The molecule has 0 amide bonds. The number of fused-ring (bicyclic) bond motifs is 1. The summed E-state index contributed by atoms with van der Waals surface area (Å²) < 4.78 is 42.4. The van der Waals surface area contributed by atoms with Gasteiger partial charge < -0.3 is 4.74 Å². The van der Waals surface area contributed by atoms with Crippen LogP contribution >= 0.6 is 11.3 Å². The van der Waals surface area contributed by atoms with E-state index in [1.165, 1.54) is 16.6 Å². The first-order chi connectivity index (χ1) is 12.4. The summed E-state index contributed by atoms with van der Waals surface area (Å²) >= 11 is 0.898. The van der Waals surface area contributed by atoms with Crippen molar-refractivity contribution in [3.8, 4) is 22.8 Å².